The van der Waals surface area contributed by atoms with E-state index >= 15 is 0 Å². The number of rotatable bonds is 5. The molecule has 1 aliphatic heterocycles. The molecule has 2 heterocycles. The second-order valence-electron chi connectivity index (χ2n) is 3.96. The van der Waals surface area contributed by atoms with Crippen molar-refractivity contribution in [1.29, 1.82) is 0 Å². The maximum absolute atomic E-state index is 11.6. The van der Waals surface area contributed by atoms with Gasteiger partial charge in [-0.15, -0.1) is 5.10 Å². The summed E-state index contributed by atoms with van der Waals surface area (Å²) >= 11 is 0. The minimum Gasteiger partial charge on any atom is -0.355 e. The molecule has 0 saturated carbocycles. The van der Waals surface area contributed by atoms with E-state index in [9.17, 15) is 4.79 Å². The Hall–Kier alpha value is -1.43. The number of carbonyl (C=O) groups excluding carboxylic acids is 1. The smallest absolute Gasteiger partial charge is 0.237 e. The normalized spacial score (nSPS) is 19.9. The SMILES string of the molecule is O=C(NCCCn1ccnn1)[C@H]1CCCN1. The third-order valence-corrected chi connectivity index (χ3v) is 2.71. The van der Waals surface area contributed by atoms with Gasteiger partial charge < -0.3 is 10.6 Å². The molecule has 2 rings (SSSR count). The fourth-order valence-corrected chi connectivity index (χ4v) is 1.84. The zero-order valence-electron chi connectivity index (χ0n) is 9.22. The summed E-state index contributed by atoms with van der Waals surface area (Å²) in [5.74, 6) is 0.121. The molecule has 1 aliphatic rings. The van der Waals surface area contributed by atoms with Gasteiger partial charge in [0.2, 0.25) is 5.91 Å². The molecule has 0 unspecified atom stereocenters. The number of hydrogen-bond donors (Lipinski definition) is 2. The van der Waals surface area contributed by atoms with Gasteiger partial charge in [0.05, 0.1) is 12.2 Å². The number of nitrogens with zero attached hydrogens (tertiary/aromatic N) is 3. The van der Waals surface area contributed by atoms with Crippen molar-refractivity contribution in [2.45, 2.75) is 31.8 Å². The van der Waals surface area contributed by atoms with Gasteiger partial charge in [0, 0.05) is 19.3 Å². The monoisotopic (exact) mass is 223 g/mol. The van der Waals surface area contributed by atoms with Gasteiger partial charge in [0.1, 0.15) is 0 Å². The first kappa shape index (κ1) is 11.1. The van der Waals surface area contributed by atoms with Crippen LogP contribution < -0.4 is 10.6 Å². The molecule has 6 heteroatoms. The number of carbonyl (C=O) groups is 1. The zero-order chi connectivity index (χ0) is 11.2. The van der Waals surface area contributed by atoms with Gasteiger partial charge in [0.25, 0.3) is 0 Å². The van der Waals surface area contributed by atoms with E-state index in [2.05, 4.69) is 20.9 Å². The van der Waals surface area contributed by atoms with Crippen molar-refractivity contribution in [3.8, 4) is 0 Å². The van der Waals surface area contributed by atoms with E-state index in [-0.39, 0.29) is 11.9 Å². The van der Waals surface area contributed by atoms with E-state index in [1.807, 2.05) is 6.20 Å². The highest BCUT2D eigenvalue weighted by molar-refractivity contribution is 5.81. The molecule has 0 aliphatic carbocycles. The van der Waals surface area contributed by atoms with Crippen LogP contribution in [0.15, 0.2) is 12.4 Å². The van der Waals surface area contributed by atoms with Crippen molar-refractivity contribution in [3.05, 3.63) is 12.4 Å². The molecule has 1 amide bonds. The van der Waals surface area contributed by atoms with E-state index in [1.165, 1.54) is 0 Å². The largest absolute Gasteiger partial charge is 0.355 e. The van der Waals surface area contributed by atoms with Crippen molar-refractivity contribution in [2.75, 3.05) is 13.1 Å². The van der Waals surface area contributed by atoms with Crippen molar-refractivity contribution in [1.82, 2.24) is 25.6 Å². The van der Waals surface area contributed by atoms with Crippen LogP contribution in [0.25, 0.3) is 0 Å². The van der Waals surface area contributed by atoms with Gasteiger partial charge in [-0.2, -0.15) is 0 Å². The molecule has 2 N–H and O–H groups in total. The van der Waals surface area contributed by atoms with E-state index in [0.717, 1.165) is 32.4 Å². The van der Waals surface area contributed by atoms with Crippen LogP contribution in [-0.4, -0.2) is 40.0 Å². The molecule has 0 bridgehead atoms. The van der Waals surface area contributed by atoms with Crippen molar-refractivity contribution in [3.63, 3.8) is 0 Å². The quantitative estimate of drug-likeness (QED) is 0.662. The summed E-state index contributed by atoms with van der Waals surface area (Å²) in [7, 11) is 0. The van der Waals surface area contributed by atoms with E-state index in [1.54, 1.807) is 10.9 Å². The molecule has 16 heavy (non-hydrogen) atoms. The Morgan fingerprint density at radius 3 is 3.25 bits per heavy atom. The maximum atomic E-state index is 11.6. The second-order valence-corrected chi connectivity index (χ2v) is 3.96. The van der Waals surface area contributed by atoms with Crippen LogP contribution in [0.3, 0.4) is 0 Å². The van der Waals surface area contributed by atoms with Crippen LogP contribution >= 0.6 is 0 Å². The summed E-state index contributed by atoms with van der Waals surface area (Å²) in [6.45, 7) is 2.44. The van der Waals surface area contributed by atoms with E-state index < -0.39 is 0 Å². The zero-order valence-corrected chi connectivity index (χ0v) is 9.22. The Balaban J connectivity index is 1.59. The van der Waals surface area contributed by atoms with Crippen LogP contribution in [0.5, 0.6) is 0 Å². The first-order valence-electron chi connectivity index (χ1n) is 5.71. The Morgan fingerprint density at radius 2 is 2.56 bits per heavy atom. The molecule has 88 valence electrons. The van der Waals surface area contributed by atoms with Crippen LogP contribution in [0.1, 0.15) is 19.3 Å². The second kappa shape index (κ2) is 5.60. The van der Waals surface area contributed by atoms with Gasteiger partial charge in [-0.1, -0.05) is 5.21 Å². The Morgan fingerprint density at radius 1 is 1.62 bits per heavy atom. The molecule has 0 spiro atoms. The summed E-state index contributed by atoms with van der Waals surface area (Å²) in [6, 6.07) is 0.0198. The fourth-order valence-electron chi connectivity index (χ4n) is 1.84. The first-order chi connectivity index (χ1) is 7.86. The first-order valence-corrected chi connectivity index (χ1v) is 5.71. The molecule has 1 saturated heterocycles. The molecule has 0 aromatic carbocycles. The van der Waals surface area contributed by atoms with Gasteiger partial charge in [0.15, 0.2) is 0 Å². The molecular formula is C10H17N5O. The summed E-state index contributed by atoms with van der Waals surface area (Å²) in [4.78, 5) is 11.6. The highest BCUT2D eigenvalue weighted by Gasteiger charge is 2.20. The number of hydrogen-bond acceptors (Lipinski definition) is 4. The average Bonchev–Trinajstić information content (AvgIpc) is 2.96. The molecule has 1 aromatic rings. The summed E-state index contributed by atoms with van der Waals surface area (Å²) < 4.78 is 1.76. The highest BCUT2D eigenvalue weighted by Crippen LogP contribution is 2.04. The minimum atomic E-state index is 0.0198. The van der Waals surface area contributed by atoms with Crippen LogP contribution in [0, 0.1) is 0 Å². The molecule has 1 atom stereocenters. The molecule has 0 radical (unpaired) electrons. The number of aromatic nitrogens is 3. The molecule has 6 nitrogen and oxygen atoms in total. The van der Waals surface area contributed by atoms with Crippen molar-refractivity contribution >= 4 is 5.91 Å². The van der Waals surface area contributed by atoms with Gasteiger partial charge in [-0.3, -0.25) is 9.48 Å². The summed E-state index contributed by atoms with van der Waals surface area (Å²) in [5, 5.41) is 13.7. The lowest BCUT2D eigenvalue weighted by atomic mass is 10.2. The van der Waals surface area contributed by atoms with Gasteiger partial charge >= 0.3 is 0 Å². The predicted molar refractivity (Wildman–Crippen MR) is 58.7 cm³/mol. The number of nitrogens with one attached hydrogen (secondary N) is 2. The van der Waals surface area contributed by atoms with Gasteiger partial charge in [-0.05, 0) is 25.8 Å². The van der Waals surface area contributed by atoms with Crippen LogP contribution in [-0.2, 0) is 11.3 Å². The molecule has 1 aromatic heterocycles. The minimum absolute atomic E-state index is 0.0198. The third-order valence-electron chi connectivity index (χ3n) is 2.71. The number of amides is 1. The Bertz CT molecular complexity index is 318. The predicted octanol–water partition coefficient (Wildman–Crippen LogP) is -0.464. The maximum Gasteiger partial charge on any atom is 0.237 e. The van der Waals surface area contributed by atoms with Crippen LogP contribution in [0.2, 0.25) is 0 Å². The molecule has 1 fully saturated rings. The average molecular weight is 223 g/mol. The standard InChI is InChI=1S/C10H17N5O/c16-10(9-3-1-4-11-9)12-5-2-7-15-8-6-13-14-15/h6,8-9,11H,1-5,7H2,(H,12,16)/t9-/m1/s1. The fraction of sp³-hybridized carbons (Fsp3) is 0.700. The lowest BCUT2D eigenvalue weighted by Crippen LogP contribution is -2.40. The molecular weight excluding hydrogens is 206 g/mol. The third kappa shape index (κ3) is 3.03. The Kier molecular flexibility index (Phi) is 3.87. The summed E-state index contributed by atoms with van der Waals surface area (Å²) in [5.41, 5.74) is 0. The topological polar surface area (TPSA) is 71.8 Å². The van der Waals surface area contributed by atoms with Crippen molar-refractivity contribution < 1.29 is 4.79 Å². The van der Waals surface area contributed by atoms with Crippen molar-refractivity contribution in [2.24, 2.45) is 0 Å². The van der Waals surface area contributed by atoms with Crippen LogP contribution in [0.4, 0.5) is 0 Å². The highest BCUT2D eigenvalue weighted by atomic mass is 16.2. The Labute approximate surface area is 94.4 Å². The lowest BCUT2D eigenvalue weighted by Gasteiger charge is -2.10. The lowest BCUT2D eigenvalue weighted by molar-refractivity contribution is -0.122. The number of aryl methyl sites for hydroxylation is 1. The van der Waals surface area contributed by atoms with E-state index in [4.69, 9.17) is 0 Å². The van der Waals surface area contributed by atoms with E-state index in [0.29, 0.717) is 6.54 Å². The van der Waals surface area contributed by atoms with Gasteiger partial charge in [-0.25, -0.2) is 0 Å². The summed E-state index contributed by atoms with van der Waals surface area (Å²) in [6.07, 6.45) is 6.40.